The summed E-state index contributed by atoms with van der Waals surface area (Å²) in [6.07, 6.45) is 0. The Bertz CT molecular complexity index is 230. The number of likely N-dealkylation sites (N-methyl/N-ethyl adjacent to an activating group) is 2. The molecule has 4 heteroatoms. The third-order valence-electron chi connectivity index (χ3n) is 3.06. The van der Waals surface area contributed by atoms with Gasteiger partial charge in [0.1, 0.15) is 6.04 Å². The van der Waals surface area contributed by atoms with Crippen LogP contribution in [-0.4, -0.2) is 61.0 Å². The van der Waals surface area contributed by atoms with Crippen LogP contribution in [0.4, 0.5) is 0 Å². The third kappa shape index (κ3) is 2.49. The van der Waals surface area contributed by atoms with Gasteiger partial charge in [0.15, 0.2) is 0 Å². The van der Waals surface area contributed by atoms with Gasteiger partial charge in [-0.15, -0.1) is 0 Å². The van der Waals surface area contributed by atoms with Crippen molar-refractivity contribution in [3.63, 3.8) is 0 Å². The Labute approximate surface area is 92.6 Å². The number of hydrogen-bond donors (Lipinski definition) is 1. The van der Waals surface area contributed by atoms with E-state index in [9.17, 15) is 4.79 Å². The number of rotatable bonds is 3. The maximum atomic E-state index is 12.0. The normalized spacial score (nSPS) is 28.9. The fraction of sp³-hybridized carbons (Fsp3) is 0.909. The Morgan fingerprint density at radius 3 is 2.60 bits per heavy atom. The van der Waals surface area contributed by atoms with Gasteiger partial charge < -0.3 is 10.2 Å². The molecule has 1 amide bonds. The molecule has 1 rings (SSSR count). The van der Waals surface area contributed by atoms with Crippen LogP contribution in [0, 0.1) is 0 Å². The topological polar surface area (TPSA) is 35.6 Å². The number of hydrogen-bond acceptors (Lipinski definition) is 3. The lowest BCUT2D eigenvalue weighted by Gasteiger charge is -2.45. The fourth-order valence-electron chi connectivity index (χ4n) is 2.52. The van der Waals surface area contributed by atoms with E-state index < -0.39 is 0 Å². The van der Waals surface area contributed by atoms with Gasteiger partial charge in [0.05, 0.1) is 0 Å². The largest absolute Gasteiger partial charge is 0.343 e. The molecule has 0 aromatic carbocycles. The van der Waals surface area contributed by atoms with Gasteiger partial charge in [0.2, 0.25) is 5.91 Å². The molecule has 88 valence electrons. The summed E-state index contributed by atoms with van der Waals surface area (Å²) in [4.78, 5) is 16.2. The van der Waals surface area contributed by atoms with Gasteiger partial charge in [-0.3, -0.25) is 9.69 Å². The monoisotopic (exact) mass is 213 g/mol. The van der Waals surface area contributed by atoms with Crippen molar-refractivity contribution in [3.05, 3.63) is 0 Å². The van der Waals surface area contributed by atoms with E-state index in [1.165, 1.54) is 0 Å². The Morgan fingerprint density at radius 1 is 1.53 bits per heavy atom. The highest BCUT2D eigenvalue weighted by molar-refractivity contribution is 5.82. The molecule has 0 aliphatic carbocycles. The minimum Gasteiger partial charge on any atom is -0.343 e. The zero-order valence-electron chi connectivity index (χ0n) is 10.4. The Balaban J connectivity index is 2.84. The molecule has 1 aliphatic rings. The van der Waals surface area contributed by atoms with Crippen LogP contribution < -0.4 is 5.32 Å². The summed E-state index contributed by atoms with van der Waals surface area (Å²) in [7, 11) is 3.78. The lowest BCUT2D eigenvalue weighted by atomic mass is 10.0. The zero-order chi connectivity index (χ0) is 11.6. The number of piperazine rings is 1. The molecule has 15 heavy (non-hydrogen) atoms. The molecule has 2 unspecified atom stereocenters. The number of nitrogens with zero attached hydrogens (tertiary/aromatic N) is 2. The summed E-state index contributed by atoms with van der Waals surface area (Å²) >= 11 is 0. The van der Waals surface area contributed by atoms with Gasteiger partial charge in [-0.05, 0) is 27.8 Å². The van der Waals surface area contributed by atoms with Crippen LogP contribution in [0.2, 0.25) is 0 Å². The summed E-state index contributed by atoms with van der Waals surface area (Å²) in [5, 5.41) is 3.10. The van der Waals surface area contributed by atoms with Crippen LogP contribution in [0.1, 0.15) is 20.8 Å². The molecule has 2 atom stereocenters. The van der Waals surface area contributed by atoms with Crippen molar-refractivity contribution in [2.75, 3.05) is 27.2 Å². The van der Waals surface area contributed by atoms with Gasteiger partial charge >= 0.3 is 0 Å². The van der Waals surface area contributed by atoms with Crippen LogP contribution in [0.5, 0.6) is 0 Å². The molecule has 0 spiro atoms. The summed E-state index contributed by atoms with van der Waals surface area (Å²) in [5.74, 6) is 0.233. The lowest BCUT2D eigenvalue weighted by molar-refractivity contribution is -0.144. The second kappa shape index (κ2) is 4.94. The van der Waals surface area contributed by atoms with E-state index in [2.05, 4.69) is 31.0 Å². The van der Waals surface area contributed by atoms with E-state index in [-0.39, 0.29) is 11.9 Å². The first-order valence-corrected chi connectivity index (χ1v) is 5.66. The van der Waals surface area contributed by atoms with Crippen molar-refractivity contribution in [3.8, 4) is 0 Å². The summed E-state index contributed by atoms with van der Waals surface area (Å²) in [5.41, 5.74) is 0. The molecule has 1 fully saturated rings. The lowest BCUT2D eigenvalue weighted by Crippen LogP contribution is -2.64. The molecule has 1 N–H and O–H groups in total. The Kier molecular flexibility index (Phi) is 4.11. The first-order valence-electron chi connectivity index (χ1n) is 5.66. The number of carbonyl (C=O) groups is 1. The highest BCUT2D eigenvalue weighted by Gasteiger charge is 2.37. The van der Waals surface area contributed by atoms with Crippen molar-refractivity contribution < 1.29 is 4.79 Å². The van der Waals surface area contributed by atoms with Crippen LogP contribution in [0.3, 0.4) is 0 Å². The predicted molar refractivity (Wildman–Crippen MR) is 61.8 cm³/mol. The molecule has 0 radical (unpaired) electrons. The van der Waals surface area contributed by atoms with Crippen LogP contribution in [-0.2, 0) is 4.79 Å². The van der Waals surface area contributed by atoms with Crippen molar-refractivity contribution in [2.24, 2.45) is 0 Å². The highest BCUT2D eigenvalue weighted by Crippen LogP contribution is 2.18. The second-order valence-electron chi connectivity index (χ2n) is 4.68. The molecular weight excluding hydrogens is 190 g/mol. The maximum absolute atomic E-state index is 12.0. The van der Waals surface area contributed by atoms with Gasteiger partial charge in [-0.25, -0.2) is 0 Å². The van der Waals surface area contributed by atoms with Crippen LogP contribution in [0.25, 0.3) is 0 Å². The minimum absolute atomic E-state index is 0.0104. The van der Waals surface area contributed by atoms with Crippen LogP contribution >= 0.6 is 0 Å². The molecule has 1 aliphatic heterocycles. The quantitative estimate of drug-likeness (QED) is 0.724. The van der Waals surface area contributed by atoms with Crippen molar-refractivity contribution in [1.29, 1.82) is 0 Å². The van der Waals surface area contributed by atoms with E-state index in [0.29, 0.717) is 12.1 Å². The van der Waals surface area contributed by atoms with E-state index in [1.807, 2.05) is 19.0 Å². The van der Waals surface area contributed by atoms with E-state index in [4.69, 9.17) is 0 Å². The molecule has 1 saturated heterocycles. The Hall–Kier alpha value is -0.610. The summed E-state index contributed by atoms with van der Waals surface area (Å²) in [6.45, 7) is 8.05. The fourth-order valence-corrected chi connectivity index (χ4v) is 2.52. The van der Waals surface area contributed by atoms with E-state index in [1.54, 1.807) is 0 Å². The average molecular weight is 213 g/mol. The van der Waals surface area contributed by atoms with Gasteiger partial charge in [0, 0.05) is 32.2 Å². The predicted octanol–water partition coefficient (Wildman–Crippen LogP) is 0.145. The molecule has 0 aromatic rings. The summed E-state index contributed by atoms with van der Waals surface area (Å²) < 4.78 is 0. The smallest absolute Gasteiger partial charge is 0.241 e. The maximum Gasteiger partial charge on any atom is 0.241 e. The molecule has 0 bridgehead atoms. The molecule has 4 nitrogen and oxygen atoms in total. The average Bonchev–Trinajstić information content (AvgIpc) is 2.13. The van der Waals surface area contributed by atoms with E-state index >= 15 is 0 Å². The van der Waals surface area contributed by atoms with Gasteiger partial charge in [0.25, 0.3) is 0 Å². The second-order valence-corrected chi connectivity index (χ2v) is 4.68. The summed E-state index contributed by atoms with van der Waals surface area (Å²) in [6, 6.07) is 0.839. The van der Waals surface area contributed by atoms with Gasteiger partial charge in [-0.1, -0.05) is 0 Å². The van der Waals surface area contributed by atoms with Crippen LogP contribution in [0.15, 0.2) is 0 Å². The first kappa shape index (κ1) is 12.5. The van der Waals surface area contributed by atoms with E-state index in [0.717, 1.165) is 13.1 Å². The first-order chi connectivity index (χ1) is 6.99. The SMILES string of the molecule is CNCC1C(=O)N(C)CC(C)N1C(C)C. The standard InChI is InChI=1S/C11H23N3O/c1-8(2)14-9(3)7-13(5)11(15)10(14)6-12-4/h8-10,12H,6-7H2,1-5H3. The van der Waals surface area contributed by atoms with Gasteiger partial charge in [-0.2, -0.15) is 0 Å². The zero-order valence-corrected chi connectivity index (χ0v) is 10.4. The molecule has 0 aromatic heterocycles. The number of nitrogens with one attached hydrogen (secondary N) is 1. The molecular formula is C11H23N3O. The number of carbonyl (C=O) groups excluding carboxylic acids is 1. The minimum atomic E-state index is -0.0104. The third-order valence-corrected chi connectivity index (χ3v) is 3.06. The molecule has 1 heterocycles. The number of amides is 1. The Morgan fingerprint density at radius 2 is 2.13 bits per heavy atom. The van der Waals surface area contributed by atoms with Crippen molar-refractivity contribution >= 4 is 5.91 Å². The highest BCUT2D eigenvalue weighted by atomic mass is 16.2. The van der Waals surface area contributed by atoms with Crippen molar-refractivity contribution in [1.82, 2.24) is 15.1 Å². The van der Waals surface area contributed by atoms with Crippen molar-refractivity contribution in [2.45, 2.75) is 38.9 Å². The molecule has 0 saturated carbocycles.